The minimum atomic E-state index is -0.223. The van der Waals surface area contributed by atoms with Crippen molar-refractivity contribution in [3.63, 3.8) is 0 Å². The van der Waals surface area contributed by atoms with Crippen LogP contribution in [0.15, 0.2) is 48.5 Å². The normalized spacial score (nSPS) is 25.6. The minimum Gasteiger partial charge on any atom is -0.497 e. The van der Waals surface area contributed by atoms with Crippen LogP contribution in [0.5, 0.6) is 5.75 Å². The van der Waals surface area contributed by atoms with Gasteiger partial charge < -0.3 is 14.7 Å². The molecule has 0 spiro atoms. The van der Waals surface area contributed by atoms with Gasteiger partial charge in [0, 0.05) is 17.0 Å². The Bertz CT molecular complexity index is 744. The second-order valence-electron chi connectivity index (χ2n) is 8.08. The van der Waals surface area contributed by atoms with Crippen LogP contribution in [0, 0.1) is 5.92 Å². The summed E-state index contributed by atoms with van der Waals surface area (Å²) in [5.74, 6) is 1.25. The van der Waals surface area contributed by atoms with Crippen molar-refractivity contribution in [1.29, 1.82) is 0 Å². The van der Waals surface area contributed by atoms with Gasteiger partial charge in [0.2, 0.25) is 0 Å². The Hall–Kier alpha value is -1.55. The van der Waals surface area contributed by atoms with Gasteiger partial charge in [0.25, 0.3) is 0 Å². The summed E-state index contributed by atoms with van der Waals surface area (Å²) >= 11 is 6.11. The number of benzene rings is 2. The zero-order valence-corrected chi connectivity index (χ0v) is 17.2. The Labute approximate surface area is 167 Å². The monoisotopic (exact) mass is 387 g/mol. The van der Waals surface area contributed by atoms with Crippen LogP contribution >= 0.6 is 11.6 Å². The van der Waals surface area contributed by atoms with E-state index in [1.54, 1.807) is 7.11 Å². The Morgan fingerprint density at radius 1 is 1.19 bits per heavy atom. The molecule has 1 saturated carbocycles. The molecule has 0 aliphatic heterocycles. The number of rotatable bonds is 6. The van der Waals surface area contributed by atoms with Gasteiger partial charge in [0.05, 0.1) is 13.2 Å². The molecule has 3 atom stereocenters. The van der Waals surface area contributed by atoms with Gasteiger partial charge in [0.1, 0.15) is 5.75 Å². The fourth-order valence-corrected chi connectivity index (χ4v) is 4.73. The zero-order valence-electron chi connectivity index (χ0n) is 16.5. The number of halogens is 1. The van der Waals surface area contributed by atoms with Crippen molar-refractivity contribution in [2.24, 2.45) is 5.92 Å². The molecule has 0 radical (unpaired) electrons. The summed E-state index contributed by atoms with van der Waals surface area (Å²) in [6.45, 7) is 0.946. The Balaban J connectivity index is 2.06. The van der Waals surface area contributed by atoms with Crippen molar-refractivity contribution < 1.29 is 9.84 Å². The summed E-state index contributed by atoms with van der Waals surface area (Å²) < 4.78 is 5.52. The van der Waals surface area contributed by atoms with E-state index in [4.69, 9.17) is 16.3 Å². The van der Waals surface area contributed by atoms with Crippen LogP contribution in [0.4, 0.5) is 0 Å². The number of nitrogens with zero attached hydrogens (tertiary/aromatic N) is 1. The molecule has 3 unspecified atom stereocenters. The van der Waals surface area contributed by atoms with Crippen molar-refractivity contribution >= 4 is 11.6 Å². The highest BCUT2D eigenvalue weighted by Gasteiger charge is 2.44. The van der Waals surface area contributed by atoms with E-state index in [9.17, 15) is 5.11 Å². The standard InChI is InChI=1S/C23H30ClNO2/c1-25(2)16-19-13-21(26)11-12-23(19,15-17-7-9-20(24)10-8-17)18-5-4-6-22(14-18)27-3/h4-10,14,19,21,26H,11-13,15-16H2,1-3H3. The molecule has 3 nitrogen and oxygen atoms in total. The van der Waals surface area contributed by atoms with Crippen LogP contribution < -0.4 is 4.74 Å². The largest absolute Gasteiger partial charge is 0.497 e. The molecule has 1 N–H and O–H groups in total. The van der Waals surface area contributed by atoms with Crippen molar-refractivity contribution in [1.82, 2.24) is 4.90 Å². The van der Waals surface area contributed by atoms with Gasteiger partial charge in [-0.3, -0.25) is 0 Å². The smallest absolute Gasteiger partial charge is 0.119 e. The minimum absolute atomic E-state index is 0.0358. The molecule has 146 valence electrons. The summed E-state index contributed by atoms with van der Waals surface area (Å²) in [4.78, 5) is 2.24. The molecule has 2 aromatic carbocycles. The van der Waals surface area contributed by atoms with Crippen molar-refractivity contribution in [3.05, 3.63) is 64.7 Å². The van der Waals surface area contributed by atoms with Crippen molar-refractivity contribution in [2.45, 2.75) is 37.2 Å². The van der Waals surface area contributed by atoms with E-state index in [-0.39, 0.29) is 11.5 Å². The Morgan fingerprint density at radius 2 is 1.93 bits per heavy atom. The summed E-state index contributed by atoms with van der Waals surface area (Å²) in [6, 6.07) is 16.7. The third-order valence-corrected chi connectivity index (χ3v) is 6.18. The molecule has 0 bridgehead atoms. The van der Waals surface area contributed by atoms with Crippen LogP contribution in [0.1, 0.15) is 30.4 Å². The maximum atomic E-state index is 10.4. The first kappa shape index (κ1) is 20.2. The molecule has 0 saturated heterocycles. The molecule has 1 aliphatic carbocycles. The van der Waals surface area contributed by atoms with E-state index < -0.39 is 0 Å². The maximum Gasteiger partial charge on any atom is 0.119 e. The first-order valence-corrected chi connectivity index (χ1v) is 10.0. The highest BCUT2D eigenvalue weighted by molar-refractivity contribution is 6.30. The van der Waals surface area contributed by atoms with E-state index in [0.717, 1.165) is 43.0 Å². The average molecular weight is 388 g/mol. The molecular formula is C23H30ClNO2. The average Bonchev–Trinajstić information content (AvgIpc) is 2.65. The van der Waals surface area contributed by atoms with Crippen LogP contribution in [0.3, 0.4) is 0 Å². The zero-order chi connectivity index (χ0) is 19.4. The number of aliphatic hydroxyl groups is 1. The predicted molar refractivity (Wildman–Crippen MR) is 112 cm³/mol. The van der Waals surface area contributed by atoms with Gasteiger partial charge >= 0.3 is 0 Å². The van der Waals surface area contributed by atoms with E-state index in [1.807, 2.05) is 18.2 Å². The van der Waals surface area contributed by atoms with Gasteiger partial charge in [-0.05, 0) is 81.1 Å². The predicted octanol–water partition coefficient (Wildman–Crippen LogP) is 4.55. The van der Waals surface area contributed by atoms with Gasteiger partial charge in [-0.15, -0.1) is 0 Å². The van der Waals surface area contributed by atoms with Gasteiger partial charge in [-0.2, -0.15) is 0 Å². The second kappa shape index (κ2) is 8.64. The molecule has 0 aromatic heterocycles. The number of ether oxygens (including phenoxy) is 1. The van der Waals surface area contributed by atoms with E-state index in [0.29, 0.717) is 5.92 Å². The third-order valence-electron chi connectivity index (χ3n) is 5.92. The fraction of sp³-hybridized carbons (Fsp3) is 0.478. The van der Waals surface area contributed by atoms with Crippen molar-refractivity contribution in [2.75, 3.05) is 27.7 Å². The fourth-order valence-electron chi connectivity index (χ4n) is 4.60. The van der Waals surface area contributed by atoms with Gasteiger partial charge in [0.15, 0.2) is 0 Å². The molecular weight excluding hydrogens is 358 g/mol. The molecule has 2 aromatic rings. The molecule has 1 fully saturated rings. The molecule has 3 rings (SSSR count). The van der Waals surface area contributed by atoms with E-state index in [2.05, 4.69) is 49.3 Å². The number of aliphatic hydroxyl groups excluding tert-OH is 1. The maximum absolute atomic E-state index is 10.4. The summed E-state index contributed by atoms with van der Waals surface area (Å²) in [5, 5.41) is 11.2. The number of methoxy groups -OCH3 is 1. The van der Waals surface area contributed by atoms with Gasteiger partial charge in [-0.1, -0.05) is 35.9 Å². The third kappa shape index (κ3) is 4.66. The van der Waals surface area contributed by atoms with Crippen LogP contribution in [-0.2, 0) is 11.8 Å². The van der Waals surface area contributed by atoms with Gasteiger partial charge in [-0.25, -0.2) is 0 Å². The first-order chi connectivity index (χ1) is 12.9. The van der Waals surface area contributed by atoms with Crippen LogP contribution in [-0.4, -0.2) is 43.9 Å². The van der Waals surface area contributed by atoms with E-state index in [1.165, 1.54) is 11.1 Å². The lowest BCUT2D eigenvalue weighted by molar-refractivity contribution is 0.0380. The Morgan fingerprint density at radius 3 is 2.59 bits per heavy atom. The van der Waals surface area contributed by atoms with Crippen LogP contribution in [0.2, 0.25) is 5.02 Å². The highest BCUT2D eigenvalue weighted by Crippen LogP contribution is 2.47. The topological polar surface area (TPSA) is 32.7 Å². The summed E-state index contributed by atoms with van der Waals surface area (Å²) in [6.07, 6.45) is 3.32. The van der Waals surface area contributed by atoms with Crippen molar-refractivity contribution in [3.8, 4) is 5.75 Å². The first-order valence-electron chi connectivity index (χ1n) is 9.65. The second-order valence-corrected chi connectivity index (χ2v) is 8.52. The highest BCUT2D eigenvalue weighted by atomic mass is 35.5. The van der Waals surface area contributed by atoms with E-state index >= 15 is 0 Å². The Kier molecular flexibility index (Phi) is 6.46. The molecule has 1 aliphatic rings. The summed E-state index contributed by atoms with van der Waals surface area (Å²) in [5.41, 5.74) is 2.55. The SMILES string of the molecule is COc1cccc(C2(Cc3ccc(Cl)cc3)CCC(O)CC2CN(C)C)c1. The quantitative estimate of drug-likeness (QED) is 0.789. The lowest BCUT2D eigenvalue weighted by Crippen LogP contribution is -2.47. The molecule has 0 amide bonds. The lowest BCUT2D eigenvalue weighted by Gasteiger charge is -2.47. The molecule has 27 heavy (non-hydrogen) atoms. The lowest BCUT2D eigenvalue weighted by atomic mass is 9.59. The van der Waals surface area contributed by atoms with Crippen LogP contribution in [0.25, 0.3) is 0 Å². The summed E-state index contributed by atoms with van der Waals surface area (Å²) in [7, 11) is 5.94. The number of hydrogen-bond donors (Lipinski definition) is 1. The molecule has 0 heterocycles. The number of hydrogen-bond acceptors (Lipinski definition) is 3. The molecule has 4 heteroatoms.